The largest absolute Gasteiger partial charge is 0.334 e. The minimum atomic E-state index is 0.434. The summed E-state index contributed by atoms with van der Waals surface area (Å²) in [6.45, 7) is 8.64. The van der Waals surface area contributed by atoms with E-state index in [1.54, 1.807) is 0 Å². The van der Waals surface area contributed by atoms with Crippen LogP contribution < -0.4 is 5.73 Å². The number of hydrogen-bond acceptors (Lipinski definition) is 2. The lowest BCUT2D eigenvalue weighted by Gasteiger charge is -2.22. The van der Waals surface area contributed by atoms with E-state index in [0.717, 1.165) is 18.4 Å². The summed E-state index contributed by atoms with van der Waals surface area (Å²) in [5.74, 6) is 2.73. The molecule has 96 valence electrons. The second-order valence-electron chi connectivity index (χ2n) is 5.87. The van der Waals surface area contributed by atoms with Crippen LogP contribution in [0.1, 0.15) is 45.2 Å². The SMILES string of the molecule is CC(C)C(CN)c1cncn1CC(C)C1CC1. The van der Waals surface area contributed by atoms with Crippen molar-refractivity contribution in [2.24, 2.45) is 23.5 Å². The van der Waals surface area contributed by atoms with E-state index in [2.05, 4.69) is 30.3 Å². The Bertz CT molecular complexity index is 352. The van der Waals surface area contributed by atoms with Crippen molar-refractivity contribution in [3.05, 3.63) is 18.2 Å². The Morgan fingerprint density at radius 2 is 2.12 bits per heavy atom. The Hall–Kier alpha value is -0.830. The quantitative estimate of drug-likeness (QED) is 0.823. The molecule has 2 N–H and O–H groups in total. The molecule has 17 heavy (non-hydrogen) atoms. The first-order valence-corrected chi connectivity index (χ1v) is 6.83. The molecule has 1 saturated carbocycles. The van der Waals surface area contributed by atoms with Crippen molar-refractivity contribution in [2.75, 3.05) is 6.54 Å². The molecule has 1 aliphatic carbocycles. The molecule has 1 heterocycles. The Labute approximate surface area is 104 Å². The molecule has 2 rings (SSSR count). The Kier molecular flexibility index (Phi) is 3.87. The van der Waals surface area contributed by atoms with Gasteiger partial charge in [0.1, 0.15) is 0 Å². The summed E-state index contributed by atoms with van der Waals surface area (Å²) in [5, 5.41) is 0. The first kappa shape index (κ1) is 12.6. The predicted octanol–water partition coefficient (Wildman–Crippen LogP) is 2.63. The van der Waals surface area contributed by atoms with Crippen LogP contribution in [-0.4, -0.2) is 16.1 Å². The van der Waals surface area contributed by atoms with Gasteiger partial charge in [-0.25, -0.2) is 4.98 Å². The molecule has 0 aromatic carbocycles. The van der Waals surface area contributed by atoms with E-state index in [9.17, 15) is 0 Å². The molecule has 0 radical (unpaired) electrons. The minimum absolute atomic E-state index is 0.434. The van der Waals surface area contributed by atoms with Crippen LogP contribution in [-0.2, 0) is 6.54 Å². The Morgan fingerprint density at radius 1 is 1.41 bits per heavy atom. The van der Waals surface area contributed by atoms with E-state index < -0.39 is 0 Å². The normalized spacial score (nSPS) is 19.6. The van der Waals surface area contributed by atoms with Gasteiger partial charge < -0.3 is 10.3 Å². The highest BCUT2D eigenvalue weighted by Gasteiger charge is 2.29. The van der Waals surface area contributed by atoms with Crippen molar-refractivity contribution < 1.29 is 0 Å². The summed E-state index contributed by atoms with van der Waals surface area (Å²) in [5.41, 5.74) is 7.21. The number of imidazole rings is 1. The molecule has 0 spiro atoms. The lowest BCUT2D eigenvalue weighted by molar-refractivity contribution is 0.401. The van der Waals surface area contributed by atoms with E-state index in [0.29, 0.717) is 18.4 Å². The highest BCUT2D eigenvalue weighted by Crippen LogP contribution is 2.37. The third-order valence-electron chi connectivity index (χ3n) is 4.09. The molecule has 0 bridgehead atoms. The average molecular weight is 235 g/mol. The summed E-state index contributed by atoms with van der Waals surface area (Å²) >= 11 is 0. The predicted molar refractivity (Wildman–Crippen MR) is 70.7 cm³/mol. The maximum absolute atomic E-state index is 5.90. The molecule has 0 amide bonds. The zero-order valence-corrected chi connectivity index (χ0v) is 11.3. The van der Waals surface area contributed by atoms with Crippen LogP contribution in [0.25, 0.3) is 0 Å². The van der Waals surface area contributed by atoms with Gasteiger partial charge in [-0.15, -0.1) is 0 Å². The zero-order valence-electron chi connectivity index (χ0n) is 11.3. The molecule has 0 aliphatic heterocycles. The second kappa shape index (κ2) is 5.21. The van der Waals surface area contributed by atoms with Gasteiger partial charge in [0.15, 0.2) is 0 Å². The van der Waals surface area contributed by atoms with Crippen molar-refractivity contribution >= 4 is 0 Å². The standard InChI is InChI=1S/C14H25N3/c1-10(2)13(6-15)14-7-16-9-17(14)8-11(3)12-4-5-12/h7,9-13H,4-6,8,15H2,1-3H3. The number of nitrogens with zero attached hydrogens (tertiary/aromatic N) is 2. The van der Waals surface area contributed by atoms with Crippen molar-refractivity contribution in [1.82, 2.24) is 9.55 Å². The number of rotatable bonds is 6. The summed E-state index contributed by atoms with van der Waals surface area (Å²) in [4.78, 5) is 4.31. The van der Waals surface area contributed by atoms with E-state index in [4.69, 9.17) is 5.73 Å². The molecular formula is C14H25N3. The van der Waals surface area contributed by atoms with Gasteiger partial charge >= 0.3 is 0 Å². The van der Waals surface area contributed by atoms with Crippen LogP contribution in [0.4, 0.5) is 0 Å². The fourth-order valence-corrected chi connectivity index (χ4v) is 2.65. The molecule has 0 saturated heterocycles. The smallest absolute Gasteiger partial charge is 0.0948 e. The molecule has 1 aromatic rings. The summed E-state index contributed by atoms with van der Waals surface area (Å²) in [7, 11) is 0. The third-order valence-corrected chi connectivity index (χ3v) is 4.09. The van der Waals surface area contributed by atoms with Gasteiger partial charge in [0.2, 0.25) is 0 Å². The van der Waals surface area contributed by atoms with Crippen LogP contribution in [0.5, 0.6) is 0 Å². The number of aromatic nitrogens is 2. The first-order chi connectivity index (χ1) is 8.13. The molecule has 3 nitrogen and oxygen atoms in total. The van der Waals surface area contributed by atoms with Gasteiger partial charge in [0.25, 0.3) is 0 Å². The average Bonchev–Trinajstić information content (AvgIpc) is 3.04. The topological polar surface area (TPSA) is 43.8 Å². The van der Waals surface area contributed by atoms with Gasteiger partial charge in [-0.05, 0) is 30.6 Å². The molecule has 3 heteroatoms. The van der Waals surface area contributed by atoms with Crippen LogP contribution in [0.2, 0.25) is 0 Å². The van der Waals surface area contributed by atoms with Crippen molar-refractivity contribution in [3.8, 4) is 0 Å². The Morgan fingerprint density at radius 3 is 2.65 bits per heavy atom. The van der Waals surface area contributed by atoms with Gasteiger partial charge in [-0.3, -0.25) is 0 Å². The Balaban J connectivity index is 2.09. The highest BCUT2D eigenvalue weighted by molar-refractivity contribution is 5.08. The maximum Gasteiger partial charge on any atom is 0.0948 e. The lowest BCUT2D eigenvalue weighted by atomic mass is 9.92. The van der Waals surface area contributed by atoms with E-state index in [1.165, 1.54) is 18.5 Å². The third kappa shape index (κ3) is 2.89. The van der Waals surface area contributed by atoms with Gasteiger partial charge in [0, 0.05) is 30.9 Å². The van der Waals surface area contributed by atoms with E-state index in [-0.39, 0.29) is 0 Å². The fraction of sp³-hybridized carbons (Fsp3) is 0.786. The van der Waals surface area contributed by atoms with Crippen LogP contribution in [0.15, 0.2) is 12.5 Å². The van der Waals surface area contributed by atoms with Gasteiger partial charge in [-0.2, -0.15) is 0 Å². The van der Waals surface area contributed by atoms with Crippen LogP contribution >= 0.6 is 0 Å². The van der Waals surface area contributed by atoms with E-state index >= 15 is 0 Å². The van der Waals surface area contributed by atoms with Crippen molar-refractivity contribution in [2.45, 2.75) is 46.1 Å². The molecular weight excluding hydrogens is 210 g/mol. The second-order valence-corrected chi connectivity index (χ2v) is 5.87. The maximum atomic E-state index is 5.90. The lowest BCUT2D eigenvalue weighted by Crippen LogP contribution is -2.22. The minimum Gasteiger partial charge on any atom is -0.334 e. The van der Waals surface area contributed by atoms with Gasteiger partial charge in [0.05, 0.1) is 6.33 Å². The molecule has 1 fully saturated rings. The number of nitrogens with two attached hydrogens (primary N) is 1. The molecule has 2 unspecified atom stereocenters. The summed E-state index contributed by atoms with van der Waals surface area (Å²) in [6, 6.07) is 0. The zero-order chi connectivity index (χ0) is 12.4. The van der Waals surface area contributed by atoms with Crippen molar-refractivity contribution in [1.29, 1.82) is 0 Å². The monoisotopic (exact) mass is 235 g/mol. The molecule has 1 aliphatic rings. The van der Waals surface area contributed by atoms with E-state index in [1.807, 2.05) is 12.5 Å². The van der Waals surface area contributed by atoms with Crippen molar-refractivity contribution in [3.63, 3.8) is 0 Å². The summed E-state index contributed by atoms with van der Waals surface area (Å²) < 4.78 is 2.32. The fourth-order valence-electron chi connectivity index (χ4n) is 2.65. The molecule has 1 aromatic heterocycles. The number of hydrogen-bond donors (Lipinski definition) is 1. The molecule has 2 atom stereocenters. The van der Waals surface area contributed by atoms with Crippen LogP contribution in [0.3, 0.4) is 0 Å². The first-order valence-electron chi connectivity index (χ1n) is 6.83. The summed E-state index contributed by atoms with van der Waals surface area (Å²) in [6.07, 6.45) is 6.79. The highest BCUT2D eigenvalue weighted by atomic mass is 15.1. The van der Waals surface area contributed by atoms with Gasteiger partial charge in [-0.1, -0.05) is 20.8 Å². The van der Waals surface area contributed by atoms with Crippen LogP contribution in [0, 0.1) is 17.8 Å².